The van der Waals surface area contributed by atoms with Gasteiger partial charge in [-0.3, -0.25) is 4.79 Å². The Morgan fingerprint density at radius 3 is 2.95 bits per heavy atom. The fourth-order valence-electron chi connectivity index (χ4n) is 2.30. The fourth-order valence-corrected chi connectivity index (χ4v) is 2.30. The molecule has 2 N–H and O–H groups in total. The fraction of sp³-hybridized carbons (Fsp3) is 0.429. The summed E-state index contributed by atoms with van der Waals surface area (Å²) < 4.78 is 13.0. The molecule has 1 heterocycles. The number of nitrogens with one attached hydrogen (secondary N) is 1. The minimum atomic E-state index is -0.868. The van der Waals surface area contributed by atoms with Crippen LogP contribution in [-0.4, -0.2) is 35.1 Å². The van der Waals surface area contributed by atoms with Crippen LogP contribution in [0, 0.1) is 11.7 Å². The number of aliphatic carboxylic acids is 1. The lowest BCUT2D eigenvalue weighted by Crippen LogP contribution is -2.46. The molecule has 0 bridgehead atoms. The molecular formula is C14H17FN2O3. The number of hydrogen-bond acceptors (Lipinski definition) is 2. The van der Waals surface area contributed by atoms with E-state index < -0.39 is 11.9 Å². The van der Waals surface area contributed by atoms with E-state index in [1.54, 1.807) is 12.1 Å². The number of halogens is 1. The molecule has 1 aromatic rings. The summed E-state index contributed by atoms with van der Waals surface area (Å²) in [5.74, 6) is -1.71. The molecule has 1 saturated heterocycles. The maximum absolute atomic E-state index is 13.0. The van der Waals surface area contributed by atoms with Crippen LogP contribution in [0.15, 0.2) is 24.3 Å². The highest BCUT2D eigenvalue weighted by Gasteiger charge is 2.27. The Kier molecular flexibility index (Phi) is 4.55. The second-order valence-corrected chi connectivity index (χ2v) is 4.91. The van der Waals surface area contributed by atoms with Crippen LogP contribution in [0.2, 0.25) is 0 Å². The van der Waals surface area contributed by atoms with Gasteiger partial charge in [-0.15, -0.1) is 0 Å². The summed E-state index contributed by atoms with van der Waals surface area (Å²) in [4.78, 5) is 24.4. The molecule has 20 heavy (non-hydrogen) atoms. The monoisotopic (exact) mass is 280 g/mol. The van der Waals surface area contributed by atoms with Crippen LogP contribution >= 0.6 is 0 Å². The van der Waals surface area contributed by atoms with Crippen LogP contribution in [0.5, 0.6) is 0 Å². The lowest BCUT2D eigenvalue weighted by Gasteiger charge is -2.30. The predicted molar refractivity (Wildman–Crippen MR) is 70.6 cm³/mol. The number of urea groups is 1. The lowest BCUT2D eigenvalue weighted by atomic mass is 9.99. The zero-order valence-corrected chi connectivity index (χ0v) is 11.0. The van der Waals surface area contributed by atoms with Gasteiger partial charge in [-0.25, -0.2) is 9.18 Å². The van der Waals surface area contributed by atoms with E-state index in [2.05, 4.69) is 5.32 Å². The summed E-state index contributed by atoms with van der Waals surface area (Å²) >= 11 is 0. The Bertz CT molecular complexity index is 507. The van der Waals surface area contributed by atoms with Crippen molar-refractivity contribution in [2.75, 3.05) is 13.1 Å². The first kappa shape index (κ1) is 14.3. The van der Waals surface area contributed by atoms with Gasteiger partial charge in [0.1, 0.15) is 5.82 Å². The van der Waals surface area contributed by atoms with E-state index in [1.165, 1.54) is 17.0 Å². The van der Waals surface area contributed by atoms with Gasteiger partial charge in [0.05, 0.1) is 5.92 Å². The summed E-state index contributed by atoms with van der Waals surface area (Å²) in [6.07, 6.45) is 1.29. The highest BCUT2D eigenvalue weighted by atomic mass is 19.1. The number of carboxylic acids is 1. The number of carbonyl (C=O) groups is 2. The molecule has 1 aliphatic heterocycles. The van der Waals surface area contributed by atoms with Gasteiger partial charge in [0.2, 0.25) is 0 Å². The topological polar surface area (TPSA) is 69.6 Å². The highest BCUT2D eigenvalue weighted by molar-refractivity contribution is 5.76. The highest BCUT2D eigenvalue weighted by Crippen LogP contribution is 2.16. The van der Waals surface area contributed by atoms with Gasteiger partial charge in [0.25, 0.3) is 0 Å². The van der Waals surface area contributed by atoms with Crippen LogP contribution in [0.1, 0.15) is 18.4 Å². The number of rotatable bonds is 3. The number of carbonyl (C=O) groups excluding carboxylic acids is 1. The van der Waals surface area contributed by atoms with Gasteiger partial charge in [-0.05, 0) is 30.5 Å². The lowest BCUT2D eigenvalue weighted by molar-refractivity contribution is -0.143. The third-order valence-electron chi connectivity index (χ3n) is 3.39. The summed E-state index contributed by atoms with van der Waals surface area (Å²) in [5, 5.41) is 11.7. The number of hydrogen-bond donors (Lipinski definition) is 2. The van der Waals surface area contributed by atoms with Gasteiger partial charge in [0.15, 0.2) is 0 Å². The van der Waals surface area contributed by atoms with Crippen molar-refractivity contribution < 1.29 is 19.1 Å². The normalized spacial score (nSPS) is 18.6. The SMILES string of the molecule is O=C(O)[C@H]1CCCN(C(=O)NCc2cccc(F)c2)C1. The molecule has 1 fully saturated rings. The van der Waals surface area contributed by atoms with Gasteiger partial charge in [-0.1, -0.05) is 12.1 Å². The average molecular weight is 280 g/mol. The molecular weight excluding hydrogens is 263 g/mol. The molecule has 0 aliphatic carbocycles. The van der Waals surface area contributed by atoms with E-state index in [9.17, 15) is 14.0 Å². The van der Waals surface area contributed by atoms with Gasteiger partial charge >= 0.3 is 12.0 Å². The molecule has 1 aliphatic rings. The largest absolute Gasteiger partial charge is 0.481 e. The Hall–Kier alpha value is -2.11. The molecule has 0 spiro atoms. The maximum Gasteiger partial charge on any atom is 0.317 e. The quantitative estimate of drug-likeness (QED) is 0.887. The second-order valence-electron chi connectivity index (χ2n) is 4.91. The van der Waals surface area contributed by atoms with E-state index in [-0.39, 0.29) is 24.9 Å². The molecule has 0 unspecified atom stereocenters. The summed E-state index contributed by atoms with van der Waals surface area (Å²) in [7, 11) is 0. The summed E-state index contributed by atoms with van der Waals surface area (Å²) in [5.41, 5.74) is 0.671. The van der Waals surface area contributed by atoms with Crippen molar-refractivity contribution in [2.45, 2.75) is 19.4 Å². The van der Waals surface area contributed by atoms with E-state index >= 15 is 0 Å². The molecule has 108 valence electrons. The third kappa shape index (κ3) is 3.69. The molecule has 2 rings (SSSR count). The van der Waals surface area contributed by atoms with Gasteiger partial charge in [-0.2, -0.15) is 0 Å². The molecule has 0 radical (unpaired) electrons. The maximum atomic E-state index is 13.0. The zero-order chi connectivity index (χ0) is 14.5. The molecule has 5 nitrogen and oxygen atoms in total. The Balaban J connectivity index is 1.87. The Labute approximate surface area is 116 Å². The van der Waals surface area contributed by atoms with Crippen molar-refractivity contribution in [3.05, 3.63) is 35.6 Å². The van der Waals surface area contributed by atoms with E-state index in [0.29, 0.717) is 24.9 Å². The molecule has 1 aromatic carbocycles. The van der Waals surface area contributed by atoms with Gasteiger partial charge in [0, 0.05) is 19.6 Å². The molecule has 0 aromatic heterocycles. The standard InChI is InChI=1S/C14H17FN2O3/c15-12-5-1-3-10(7-12)8-16-14(20)17-6-2-4-11(9-17)13(18)19/h1,3,5,7,11H,2,4,6,8-9H2,(H,16,20)(H,18,19)/t11-/m0/s1. The Morgan fingerprint density at radius 1 is 1.45 bits per heavy atom. The first-order chi connectivity index (χ1) is 9.56. The molecule has 1 atom stereocenters. The van der Waals surface area contributed by atoms with Crippen molar-refractivity contribution in [3.63, 3.8) is 0 Å². The first-order valence-corrected chi connectivity index (χ1v) is 6.56. The molecule has 2 amide bonds. The number of benzene rings is 1. The van der Waals surface area contributed by atoms with Gasteiger partial charge < -0.3 is 15.3 Å². The van der Waals surface area contributed by atoms with Crippen molar-refractivity contribution >= 4 is 12.0 Å². The smallest absolute Gasteiger partial charge is 0.317 e. The van der Waals surface area contributed by atoms with E-state index in [0.717, 1.165) is 0 Å². The third-order valence-corrected chi connectivity index (χ3v) is 3.39. The van der Waals surface area contributed by atoms with Crippen LogP contribution in [0.4, 0.5) is 9.18 Å². The number of likely N-dealkylation sites (tertiary alicyclic amines) is 1. The minimum absolute atomic E-state index is 0.227. The number of piperidine rings is 1. The van der Waals surface area contributed by atoms with Crippen molar-refractivity contribution in [1.82, 2.24) is 10.2 Å². The van der Waals surface area contributed by atoms with Crippen molar-refractivity contribution in [2.24, 2.45) is 5.92 Å². The summed E-state index contributed by atoms with van der Waals surface area (Å²) in [6.45, 7) is 1.01. The number of carboxylic acid groups (broad SMARTS) is 1. The van der Waals surface area contributed by atoms with Crippen molar-refractivity contribution in [1.29, 1.82) is 0 Å². The van der Waals surface area contributed by atoms with Crippen LogP contribution in [0.3, 0.4) is 0 Å². The Morgan fingerprint density at radius 2 is 2.25 bits per heavy atom. The van der Waals surface area contributed by atoms with E-state index in [4.69, 9.17) is 5.11 Å². The van der Waals surface area contributed by atoms with Crippen molar-refractivity contribution in [3.8, 4) is 0 Å². The minimum Gasteiger partial charge on any atom is -0.481 e. The van der Waals surface area contributed by atoms with Crippen LogP contribution in [-0.2, 0) is 11.3 Å². The summed E-state index contributed by atoms with van der Waals surface area (Å²) in [6, 6.07) is 5.70. The second kappa shape index (κ2) is 6.36. The molecule has 6 heteroatoms. The average Bonchev–Trinajstić information content (AvgIpc) is 2.45. The molecule has 0 saturated carbocycles. The van der Waals surface area contributed by atoms with Crippen LogP contribution < -0.4 is 5.32 Å². The number of amides is 2. The number of nitrogens with zero attached hydrogens (tertiary/aromatic N) is 1. The van der Waals surface area contributed by atoms with E-state index in [1.807, 2.05) is 0 Å². The first-order valence-electron chi connectivity index (χ1n) is 6.56. The zero-order valence-electron chi connectivity index (χ0n) is 11.0. The predicted octanol–water partition coefficient (Wildman–Crippen LogP) is 1.83. The van der Waals surface area contributed by atoms with Crippen LogP contribution in [0.25, 0.3) is 0 Å².